The standard InChI is InChI=1S/C17H25FN2O4/c1-4-23-11-13-10-20(8-9-24-13)17(21)19-12(2)16-14(18)6-5-7-15(16)22-3/h5-7,12-13H,4,8-11H2,1-3H3,(H,19,21). The molecule has 24 heavy (non-hydrogen) atoms. The van der Waals surface area contributed by atoms with Crippen LogP contribution in [0.15, 0.2) is 18.2 Å². The molecule has 1 saturated heterocycles. The second kappa shape index (κ2) is 8.84. The number of halogens is 1. The highest BCUT2D eigenvalue weighted by Gasteiger charge is 2.26. The minimum absolute atomic E-state index is 0.136. The number of nitrogens with one attached hydrogen (secondary N) is 1. The highest BCUT2D eigenvalue weighted by molar-refractivity contribution is 5.75. The Kier molecular flexibility index (Phi) is 6.81. The van der Waals surface area contributed by atoms with Crippen LogP contribution in [0.4, 0.5) is 9.18 Å². The number of urea groups is 1. The second-order valence-corrected chi connectivity index (χ2v) is 5.63. The Labute approximate surface area is 141 Å². The van der Waals surface area contributed by atoms with E-state index in [0.29, 0.717) is 44.2 Å². The largest absolute Gasteiger partial charge is 0.496 e. The van der Waals surface area contributed by atoms with E-state index in [0.717, 1.165) is 0 Å². The van der Waals surface area contributed by atoms with E-state index < -0.39 is 11.9 Å². The van der Waals surface area contributed by atoms with Crippen LogP contribution in [-0.4, -0.2) is 57.1 Å². The first-order valence-corrected chi connectivity index (χ1v) is 8.14. The number of amides is 2. The Balaban J connectivity index is 1.99. The fourth-order valence-corrected chi connectivity index (χ4v) is 2.72. The number of carbonyl (C=O) groups excluding carboxylic acids is 1. The molecule has 0 saturated carbocycles. The van der Waals surface area contributed by atoms with Crippen molar-refractivity contribution >= 4 is 6.03 Å². The molecule has 1 heterocycles. The minimum atomic E-state index is -0.512. The summed E-state index contributed by atoms with van der Waals surface area (Å²) in [6.45, 7) is 6.12. The summed E-state index contributed by atoms with van der Waals surface area (Å²) in [6.07, 6.45) is -0.136. The summed E-state index contributed by atoms with van der Waals surface area (Å²) in [5.41, 5.74) is 0.340. The van der Waals surface area contributed by atoms with E-state index in [2.05, 4.69) is 5.32 Å². The molecule has 2 atom stereocenters. The lowest BCUT2D eigenvalue weighted by Crippen LogP contribution is -2.51. The molecule has 0 aliphatic carbocycles. The van der Waals surface area contributed by atoms with Crippen molar-refractivity contribution in [1.29, 1.82) is 0 Å². The molecule has 0 bridgehead atoms. The first-order valence-electron chi connectivity index (χ1n) is 8.14. The molecule has 1 aromatic carbocycles. The highest BCUT2D eigenvalue weighted by Crippen LogP contribution is 2.27. The Morgan fingerprint density at radius 2 is 2.33 bits per heavy atom. The van der Waals surface area contributed by atoms with Gasteiger partial charge < -0.3 is 24.4 Å². The van der Waals surface area contributed by atoms with E-state index in [1.165, 1.54) is 13.2 Å². The molecule has 0 aromatic heterocycles. The van der Waals surface area contributed by atoms with Crippen LogP contribution in [0.5, 0.6) is 5.75 Å². The van der Waals surface area contributed by atoms with Crippen LogP contribution in [-0.2, 0) is 9.47 Å². The van der Waals surface area contributed by atoms with Crippen molar-refractivity contribution in [2.45, 2.75) is 26.0 Å². The predicted octanol–water partition coefficient (Wildman–Crippen LogP) is 2.34. The summed E-state index contributed by atoms with van der Waals surface area (Å²) in [5.74, 6) is 0.0114. The Morgan fingerprint density at radius 1 is 1.54 bits per heavy atom. The van der Waals surface area contributed by atoms with E-state index in [4.69, 9.17) is 14.2 Å². The first kappa shape index (κ1) is 18.5. The van der Waals surface area contributed by atoms with Crippen LogP contribution in [0.1, 0.15) is 25.5 Å². The van der Waals surface area contributed by atoms with Gasteiger partial charge in [-0.2, -0.15) is 0 Å². The van der Waals surface area contributed by atoms with Gasteiger partial charge in [-0.15, -0.1) is 0 Å². The molecule has 0 spiro atoms. The summed E-state index contributed by atoms with van der Waals surface area (Å²) in [6, 6.07) is 3.84. The van der Waals surface area contributed by atoms with Crippen LogP contribution in [0.2, 0.25) is 0 Å². The van der Waals surface area contributed by atoms with Crippen molar-refractivity contribution in [2.24, 2.45) is 0 Å². The maximum absolute atomic E-state index is 14.1. The lowest BCUT2D eigenvalue weighted by molar-refractivity contribution is -0.0568. The molecule has 1 N–H and O–H groups in total. The molecule has 7 heteroatoms. The third-order valence-corrected chi connectivity index (χ3v) is 3.94. The van der Waals surface area contributed by atoms with Crippen molar-refractivity contribution in [1.82, 2.24) is 10.2 Å². The fraction of sp³-hybridized carbons (Fsp3) is 0.588. The van der Waals surface area contributed by atoms with Gasteiger partial charge in [-0.1, -0.05) is 6.07 Å². The molecule has 6 nitrogen and oxygen atoms in total. The summed E-state index contributed by atoms with van der Waals surface area (Å²) < 4.78 is 30.2. The lowest BCUT2D eigenvalue weighted by Gasteiger charge is -2.33. The molecule has 1 aliphatic heterocycles. The topological polar surface area (TPSA) is 60.0 Å². The monoisotopic (exact) mass is 340 g/mol. The van der Waals surface area contributed by atoms with E-state index in [1.807, 2.05) is 6.92 Å². The van der Waals surface area contributed by atoms with Crippen LogP contribution < -0.4 is 10.1 Å². The van der Waals surface area contributed by atoms with Crippen LogP contribution in [0, 0.1) is 5.82 Å². The SMILES string of the molecule is CCOCC1CN(C(=O)NC(C)c2c(F)cccc2OC)CCO1. The summed E-state index contributed by atoms with van der Waals surface area (Å²) in [5, 5.41) is 2.83. The Morgan fingerprint density at radius 3 is 3.04 bits per heavy atom. The summed E-state index contributed by atoms with van der Waals surface area (Å²) >= 11 is 0. The van der Waals surface area contributed by atoms with Gasteiger partial charge in [0.05, 0.1) is 44.6 Å². The van der Waals surface area contributed by atoms with Gasteiger partial charge >= 0.3 is 6.03 Å². The van der Waals surface area contributed by atoms with Gasteiger partial charge in [0.15, 0.2) is 0 Å². The molecule has 134 valence electrons. The molecule has 2 unspecified atom stereocenters. The molecule has 1 aromatic rings. The van der Waals surface area contributed by atoms with Gasteiger partial charge in [-0.3, -0.25) is 0 Å². The van der Waals surface area contributed by atoms with E-state index in [1.54, 1.807) is 24.0 Å². The maximum atomic E-state index is 14.1. The zero-order valence-corrected chi connectivity index (χ0v) is 14.4. The lowest BCUT2D eigenvalue weighted by atomic mass is 10.1. The number of rotatable bonds is 6. The van der Waals surface area contributed by atoms with Gasteiger partial charge in [0.25, 0.3) is 0 Å². The highest BCUT2D eigenvalue weighted by atomic mass is 19.1. The quantitative estimate of drug-likeness (QED) is 0.863. The van der Waals surface area contributed by atoms with Gasteiger partial charge in [-0.25, -0.2) is 9.18 Å². The second-order valence-electron chi connectivity index (χ2n) is 5.63. The zero-order chi connectivity index (χ0) is 17.5. The van der Waals surface area contributed by atoms with Crippen molar-refractivity contribution < 1.29 is 23.4 Å². The number of methoxy groups -OCH3 is 1. The molecule has 2 amide bonds. The molecule has 1 fully saturated rings. The molecular weight excluding hydrogens is 315 g/mol. The van der Waals surface area contributed by atoms with Gasteiger partial charge in [-0.05, 0) is 26.0 Å². The minimum Gasteiger partial charge on any atom is -0.496 e. The zero-order valence-electron chi connectivity index (χ0n) is 14.4. The number of morpholine rings is 1. The average Bonchev–Trinajstić information content (AvgIpc) is 2.59. The molecular formula is C17H25FN2O4. The number of nitrogens with zero attached hydrogens (tertiary/aromatic N) is 1. The van der Waals surface area contributed by atoms with Gasteiger partial charge in [0.2, 0.25) is 0 Å². The Bertz CT molecular complexity index is 555. The number of hydrogen-bond donors (Lipinski definition) is 1. The normalized spacial score (nSPS) is 19.0. The van der Waals surface area contributed by atoms with Crippen molar-refractivity contribution in [2.75, 3.05) is 40.0 Å². The molecule has 1 aliphatic rings. The number of benzene rings is 1. The maximum Gasteiger partial charge on any atom is 0.318 e. The van der Waals surface area contributed by atoms with Gasteiger partial charge in [0.1, 0.15) is 11.6 Å². The van der Waals surface area contributed by atoms with Crippen molar-refractivity contribution in [3.63, 3.8) is 0 Å². The van der Waals surface area contributed by atoms with E-state index in [9.17, 15) is 9.18 Å². The third-order valence-electron chi connectivity index (χ3n) is 3.94. The average molecular weight is 340 g/mol. The number of carbonyl (C=O) groups is 1. The summed E-state index contributed by atoms with van der Waals surface area (Å²) in [4.78, 5) is 14.1. The van der Waals surface area contributed by atoms with E-state index in [-0.39, 0.29) is 12.1 Å². The van der Waals surface area contributed by atoms with Gasteiger partial charge in [0, 0.05) is 13.2 Å². The molecule has 2 rings (SSSR count). The van der Waals surface area contributed by atoms with Crippen molar-refractivity contribution in [3.05, 3.63) is 29.6 Å². The summed E-state index contributed by atoms with van der Waals surface area (Å²) in [7, 11) is 1.48. The van der Waals surface area contributed by atoms with Crippen molar-refractivity contribution in [3.8, 4) is 5.75 Å². The number of hydrogen-bond acceptors (Lipinski definition) is 4. The van der Waals surface area contributed by atoms with E-state index >= 15 is 0 Å². The smallest absolute Gasteiger partial charge is 0.318 e. The third kappa shape index (κ3) is 4.58. The fourth-order valence-electron chi connectivity index (χ4n) is 2.72. The first-order chi connectivity index (χ1) is 11.6. The number of ether oxygens (including phenoxy) is 3. The van der Waals surface area contributed by atoms with Crippen LogP contribution in [0.3, 0.4) is 0 Å². The predicted molar refractivity (Wildman–Crippen MR) is 87.7 cm³/mol. The van der Waals surface area contributed by atoms with Crippen LogP contribution >= 0.6 is 0 Å². The molecule has 0 radical (unpaired) electrons. The van der Waals surface area contributed by atoms with Crippen LogP contribution in [0.25, 0.3) is 0 Å². The Hall–Kier alpha value is -1.86.